The Kier molecular flexibility index (Phi) is 5.57. The molecule has 1 unspecified atom stereocenters. The largest absolute Gasteiger partial charge is 0.496 e. The molecule has 0 fully saturated rings. The van der Waals surface area contributed by atoms with Gasteiger partial charge in [0.2, 0.25) is 0 Å². The highest BCUT2D eigenvalue weighted by Gasteiger charge is 2.16. The highest BCUT2D eigenvalue weighted by Crippen LogP contribution is 2.39. The molecule has 1 nitrogen and oxygen atoms in total. The third-order valence-electron chi connectivity index (χ3n) is 2.70. The number of ether oxygens (including phenoxy) is 1. The highest BCUT2D eigenvalue weighted by atomic mass is 127. The van der Waals surface area contributed by atoms with Crippen molar-refractivity contribution in [2.45, 2.75) is 4.83 Å². The van der Waals surface area contributed by atoms with Crippen LogP contribution < -0.4 is 4.74 Å². The van der Waals surface area contributed by atoms with Crippen molar-refractivity contribution in [3.8, 4) is 5.75 Å². The molecule has 1 atom stereocenters. The van der Waals surface area contributed by atoms with Crippen LogP contribution in [0.2, 0.25) is 5.02 Å². The first-order chi connectivity index (χ1) is 9.02. The van der Waals surface area contributed by atoms with Gasteiger partial charge < -0.3 is 4.74 Å². The number of halogens is 4. The first-order valence-electron chi connectivity index (χ1n) is 5.45. The van der Waals surface area contributed by atoms with E-state index in [0.717, 1.165) is 29.9 Å². The van der Waals surface area contributed by atoms with E-state index in [4.69, 9.17) is 16.3 Å². The molecule has 100 valence electrons. The third-order valence-corrected chi connectivity index (χ3v) is 5.79. The summed E-state index contributed by atoms with van der Waals surface area (Å²) in [6.07, 6.45) is 0. The summed E-state index contributed by atoms with van der Waals surface area (Å²) >= 11 is 15.6. The van der Waals surface area contributed by atoms with E-state index in [1.54, 1.807) is 7.11 Å². The van der Waals surface area contributed by atoms with E-state index < -0.39 is 0 Å². The fourth-order valence-corrected chi connectivity index (χ4v) is 3.30. The zero-order valence-electron chi connectivity index (χ0n) is 9.96. The van der Waals surface area contributed by atoms with Crippen LogP contribution in [0.15, 0.2) is 40.9 Å². The molecule has 0 aliphatic rings. The fourth-order valence-electron chi connectivity index (χ4n) is 1.75. The van der Waals surface area contributed by atoms with E-state index in [1.165, 1.54) is 0 Å². The van der Waals surface area contributed by atoms with Crippen molar-refractivity contribution in [3.63, 3.8) is 0 Å². The molecule has 5 heteroatoms. The van der Waals surface area contributed by atoms with Gasteiger partial charge >= 0.3 is 0 Å². The molecular weight excluding hydrogens is 506 g/mol. The van der Waals surface area contributed by atoms with Gasteiger partial charge in [0.15, 0.2) is 0 Å². The summed E-state index contributed by atoms with van der Waals surface area (Å²) in [7, 11) is 1.67. The number of benzene rings is 2. The Morgan fingerprint density at radius 1 is 1.21 bits per heavy atom. The lowest BCUT2D eigenvalue weighted by Gasteiger charge is -2.15. The van der Waals surface area contributed by atoms with Crippen LogP contribution in [0.4, 0.5) is 0 Å². The van der Waals surface area contributed by atoms with Crippen molar-refractivity contribution in [3.05, 3.63) is 60.6 Å². The molecule has 0 amide bonds. The Morgan fingerprint density at radius 2 is 1.95 bits per heavy atom. The summed E-state index contributed by atoms with van der Waals surface area (Å²) in [5.41, 5.74) is 2.16. The van der Waals surface area contributed by atoms with Crippen molar-refractivity contribution < 1.29 is 4.74 Å². The van der Waals surface area contributed by atoms with Crippen molar-refractivity contribution in [1.82, 2.24) is 0 Å². The molecule has 0 heterocycles. The van der Waals surface area contributed by atoms with Gasteiger partial charge in [0.1, 0.15) is 5.75 Å². The van der Waals surface area contributed by atoms with Gasteiger partial charge in [0.25, 0.3) is 0 Å². The molecule has 0 aliphatic carbocycles. The van der Waals surface area contributed by atoms with E-state index in [-0.39, 0.29) is 4.83 Å². The third kappa shape index (κ3) is 3.65. The predicted octanol–water partition coefficient (Wildman–Crippen LogP) is 6.20. The van der Waals surface area contributed by atoms with Crippen LogP contribution in [0.5, 0.6) is 5.75 Å². The summed E-state index contributed by atoms with van der Waals surface area (Å²) in [5.74, 6) is 0.847. The van der Waals surface area contributed by atoms with Crippen LogP contribution in [0.3, 0.4) is 0 Å². The summed E-state index contributed by atoms with van der Waals surface area (Å²) in [6, 6.07) is 12.0. The van der Waals surface area contributed by atoms with Gasteiger partial charge in [-0.05, 0) is 58.5 Å². The molecule has 0 aliphatic heterocycles. The average Bonchev–Trinajstić information content (AvgIpc) is 2.41. The van der Waals surface area contributed by atoms with Gasteiger partial charge in [-0.15, -0.1) is 0 Å². The molecule has 0 saturated heterocycles. The summed E-state index contributed by atoms with van der Waals surface area (Å²) in [4.78, 5) is 0.0365. The normalized spacial score (nSPS) is 12.3. The molecule has 0 radical (unpaired) electrons. The summed E-state index contributed by atoms with van der Waals surface area (Å²) < 4.78 is 7.47. The van der Waals surface area contributed by atoms with Crippen molar-refractivity contribution in [2.75, 3.05) is 7.11 Å². The van der Waals surface area contributed by atoms with E-state index >= 15 is 0 Å². The predicted molar refractivity (Wildman–Crippen MR) is 95.6 cm³/mol. The number of rotatable bonds is 3. The van der Waals surface area contributed by atoms with Gasteiger partial charge in [-0.2, -0.15) is 0 Å². The maximum atomic E-state index is 6.18. The van der Waals surface area contributed by atoms with Gasteiger partial charge in [-0.3, -0.25) is 0 Å². The molecule has 2 rings (SSSR count). The Labute approximate surface area is 148 Å². The lowest BCUT2D eigenvalue weighted by molar-refractivity contribution is 0.410. The van der Waals surface area contributed by atoms with Gasteiger partial charge in [0.05, 0.1) is 17.0 Å². The Bertz CT molecular complexity index is 604. The van der Waals surface area contributed by atoms with Crippen LogP contribution in [0.25, 0.3) is 0 Å². The molecular formula is C14H10Br2ClIO. The first-order valence-corrected chi connectivity index (χ1v) is 8.62. The molecule has 0 aromatic heterocycles. The zero-order valence-corrected chi connectivity index (χ0v) is 16.0. The lowest BCUT2D eigenvalue weighted by Crippen LogP contribution is -1.97. The minimum atomic E-state index is 0.0365. The molecule has 19 heavy (non-hydrogen) atoms. The second-order valence-corrected chi connectivity index (χ2v) is 7.32. The molecule has 0 N–H and O–H groups in total. The molecule has 0 bridgehead atoms. The number of alkyl halides is 1. The van der Waals surface area contributed by atoms with Crippen LogP contribution in [-0.4, -0.2) is 7.11 Å². The quantitative estimate of drug-likeness (QED) is 0.349. The van der Waals surface area contributed by atoms with Crippen LogP contribution >= 0.6 is 66.1 Å². The van der Waals surface area contributed by atoms with E-state index in [0.29, 0.717) is 0 Å². The molecule has 2 aromatic carbocycles. The van der Waals surface area contributed by atoms with Crippen molar-refractivity contribution >= 4 is 66.1 Å². The highest BCUT2D eigenvalue weighted by molar-refractivity contribution is 14.1. The fraction of sp³-hybridized carbons (Fsp3) is 0.143. The topological polar surface area (TPSA) is 9.23 Å². The zero-order chi connectivity index (χ0) is 14.0. The van der Waals surface area contributed by atoms with Crippen molar-refractivity contribution in [1.29, 1.82) is 0 Å². The van der Waals surface area contributed by atoms with Crippen LogP contribution in [0, 0.1) is 3.57 Å². The minimum Gasteiger partial charge on any atom is -0.496 e. The monoisotopic (exact) mass is 514 g/mol. The lowest BCUT2D eigenvalue weighted by atomic mass is 10.0. The Morgan fingerprint density at radius 3 is 2.58 bits per heavy atom. The second-order valence-electron chi connectivity index (χ2n) is 3.92. The first kappa shape index (κ1) is 15.6. The summed E-state index contributed by atoms with van der Waals surface area (Å²) in [5, 5.41) is 0.761. The molecule has 2 aromatic rings. The SMILES string of the molecule is COc1ccc(Br)cc1C(Br)c1ccc(I)c(Cl)c1. The molecule has 0 saturated carbocycles. The standard InChI is InChI=1S/C14H10Br2ClIO/c1-19-13-5-3-9(15)7-10(13)14(16)8-2-4-12(18)11(17)6-8/h2-7,14H,1H3. The smallest absolute Gasteiger partial charge is 0.123 e. The molecule has 0 spiro atoms. The Hall–Kier alpha value is 0.220. The van der Waals surface area contributed by atoms with E-state index in [9.17, 15) is 0 Å². The number of methoxy groups -OCH3 is 1. The maximum Gasteiger partial charge on any atom is 0.123 e. The van der Waals surface area contributed by atoms with Crippen molar-refractivity contribution in [2.24, 2.45) is 0 Å². The van der Waals surface area contributed by atoms with E-state index in [1.807, 2.05) is 30.3 Å². The maximum absolute atomic E-state index is 6.18. The van der Waals surface area contributed by atoms with Gasteiger partial charge in [-0.1, -0.05) is 49.5 Å². The Balaban J connectivity index is 2.45. The number of hydrogen-bond donors (Lipinski definition) is 0. The van der Waals surface area contributed by atoms with Crippen LogP contribution in [-0.2, 0) is 0 Å². The van der Waals surface area contributed by atoms with E-state index in [2.05, 4.69) is 60.5 Å². The minimum absolute atomic E-state index is 0.0365. The van der Waals surface area contributed by atoms with Gasteiger partial charge in [-0.25, -0.2) is 0 Å². The summed E-state index contributed by atoms with van der Waals surface area (Å²) in [6.45, 7) is 0. The van der Waals surface area contributed by atoms with Gasteiger partial charge in [0, 0.05) is 13.6 Å². The average molecular weight is 516 g/mol. The number of hydrogen-bond acceptors (Lipinski definition) is 1. The second kappa shape index (κ2) is 6.78. The van der Waals surface area contributed by atoms with Crippen LogP contribution in [0.1, 0.15) is 16.0 Å².